The summed E-state index contributed by atoms with van der Waals surface area (Å²) in [5.74, 6) is -0.154. The van der Waals surface area contributed by atoms with Crippen molar-refractivity contribution in [2.45, 2.75) is 27.7 Å². The molecule has 0 atom stereocenters. The first-order valence-corrected chi connectivity index (χ1v) is 9.25. The van der Waals surface area contributed by atoms with Gasteiger partial charge in [-0.3, -0.25) is 4.79 Å². The molecule has 0 unspecified atom stereocenters. The summed E-state index contributed by atoms with van der Waals surface area (Å²) in [6, 6.07) is 17.7. The Morgan fingerprint density at radius 2 is 1.71 bits per heavy atom. The molecule has 0 spiro atoms. The molecule has 5 nitrogen and oxygen atoms in total. The normalized spacial score (nSPS) is 11.0. The van der Waals surface area contributed by atoms with Crippen LogP contribution in [0.5, 0.6) is 0 Å². The van der Waals surface area contributed by atoms with Crippen molar-refractivity contribution in [3.63, 3.8) is 0 Å². The van der Waals surface area contributed by atoms with E-state index in [4.69, 9.17) is 0 Å². The maximum absolute atomic E-state index is 13.1. The van der Waals surface area contributed by atoms with E-state index >= 15 is 0 Å². The molecular weight excluding hydrogens is 348 g/mol. The van der Waals surface area contributed by atoms with Crippen LogP contribution in [0.3, 0.4) is 0 Å². The molecule has 5 heteroatoms. The largest absolute Gasteiger partial charge is 0.322 e. The predicted molar refractivity (Wildman–Crippen MR) is 112 cm³/mol. The minimum atomic E-state index is -0.154. The van der Waals surface area contributed by atoms with Gasteiger partial charge < -0.3 is 5.32 Å². The van der Waals surface area contributed by atoms with Gasteiger partial charge >= 0.3 is 0 Å². The lowest BCUT2D eigenvalue weighted by Gasteiger charge is -2.11. The van der Waals surface area contributed by atoms with Crippen LogP contribution in [0, 0.1) is 27.7 Å². The van der Waals surface area contributed by atoms with Gasteiger partial charge in [-0.2, -0.15) is 5.10 Å². The van der Waals surface area contributed by atoms with Crippen LogP contribution in [0.15, 0.2) is 54.6 Å². The van der Waals surface area contributed by atoms with Crippen LogP contribution in [0.25, 0.3) is 16.7 Å². The standard InChI is InChI=1S/C23H22N4O/c1-14-10-11-20(15(2)12-14)25-23(28)19-13-16(3)24-22-21(19)17(4)26-27(22)18-8-6-5-7-9-18/h5-13H,1-4H3,(H,25,28). The number of carbonyl (C=O) groups excluding carboxylic acids is 1. The van der Waals surface area contributed by atoms with E-state index in [9.17, 15) is 4.79 Å². The Morgan fingerprint density at radius 1 is 0.964 bits per heavy atom. The first-order valence-electron chi connectivity index (χ1n) is 9.25. The van der Waals surface area contributed by atoms with Gasteiger partial charge in [0.1, 0.15) is 0 Å². The number of carbonyl (C=O) groups is 1. The Labute approximate surface area is 164 Å². The minimum absolute atomic E-state index is 0.154. The summed E-state index contributed by atoms with van der Waals surface area (Å²) in [6.07, 6.45) is 0. The molecule has 0 saturated carbocycles. The lowest BCUT2D eigenvalue weighted by molar-refractivity contribution is 0.102. The van der Waals surface area contributed by atoms with Gasteiger partial charge in [0, 0.05) is 11.4 Å². The van der Waals surface area contributed by atoms with Gasteiger partial charge in [-0.15, -0.1) is 0 Å². The van der Waals surface area contributed by atoms with Gasteiger partial charge in [0.25, 0.3) is 5.91 Å². The maximum Gasteiger partial charge on any atom is 0.256 e. The van der Waals surface area contributed by atoms with Gasteiger partial charge in [0.2, 0.25) is 0 Å². The number of para-hydroxylation sites is 1. The van der Waals surface area contributed by atoms with Crippen molar-refractivity contribution in [2.24, 2.45) is 0 Å². The lowest BCUT2D eigenvalue weighted by atomic mass is 10.1. The topological polar surface area (TPSA) is 59.8 Å². The fourth-order valence-corrected chi connectivity index (χ4v) is 3.49. The van der Waals surface area contributed by atoms with Gasteiger partial charge in [0.05, 0.1) is 22.3 Å². The third kappa shape index (κ3) is 3.16. The van der Waals surface area contributed by atoms with E-state index in [0.717, 1.165) is 39.3 Å². The zero-order valence-electron chi connectivity index (χ0n) is 16.4. The first kappa shape index (κ1) is 17.9. The molecule has 2 aromatic heterocycles. The average Bonchev–Trinajstić information content (AvgIpc) is 3.00. The Bertz CT molecular complexity index is 1190. The van der Waals surface area contributed by atoms with Crippen LogP contribution in [-0.2, 0) is 0 Å². The van der Waals surface area contributed by atoms with E-state index in [2.05, 4.69) is 21.5 Å². The van der Waals surface area contributed by atoms with Crippen LogP contribution >= 0.6 is 0 Å². The SMILES string of the molecule is Cc1ccc(NC(=O)c2cc(C)nc3c2c(C)nn3-c2ccccc2)c(C)c1. The molecule has 2 heterocycles. The van der Waals surface area contributed by atoms with Gasteiger partial charge in [-0.25, -0.2) is 9.67 Å². The molecule has 28 heavy (non-hydrogen) atoms. The highest BCUT2D eigenvalue weighted by molar-refractivity contribution is 6.13. The number of anilines is 1. The highest BCUT2D eigenvalue weighted by atomic mass is 16.1. The second-order valence-corrected chi connectivity index (χ2v) is 7.12. The molecule has 4 rings (SSSR count). The molecule has 0 saturated heterocycles. The summed E-state index contributed by atoms with van der Waals surface area (Å²) < 4.78 is 1.80. The van der Waals surface area contributed by atoms with Crippen LogP contribution in [-0.4, -0.2) is 20.7 Å². The van der Waals surface area contributed by atoms with Crippen LogP contribution in [0.4, 0.5) is 5.69 Å². The Morgan fingerprint density at radius 3 is 2.43 bits per heavy atom. The first-order chi connectivity index (χ1) is 13.4. The quantitative estimate of drug-likeness (QED) is 0.558. The molecule has 1 amide bonds. The van der Waals surface area contributed by atoms with E-state index in [1.165, 1.54) is 0 Å². The number of amides is 1. The second-order valence-electron chi connectivity index (χ2n) is 7.12. The fourth-order valence-electron chi connectivity index (χ4n) is 3.49. The van der Waals surface area contributed by atoms with E-state index in [0.29, 0.717) is 11.2 Å². The summed E-state index contributed by atoms with van der Waals surface area (Å²) in [7, 11) is 0. The van der Waals surface area contributed by atoms with Crippen molar-refractivity contribution in [1.82, 2.24) is 14.8 Å². The molecule has 4 aromatic rings. The predicted octanol–water partition coefficient (Wildman–Crippen LogP) is 4.91. The van der Waals surface area contributed by atoms with E-state index < -0.39 is 0 Å². The van der Waals surface area contributed by atoms with Crippen molar-refractivity contribution in [2.75, 3.05) is 5.32 Å². The molecule has 2 aromatic carbocycles. The average molecular weight is 370 g/mol. The number of aromatic nitrogens is 3. The summed E-state index contributed by atoms with van der Waals surface area (Å²) >= 11 is 0. The minimum Gasteiger partial charge on any atom is -0.322 e. The number of hydrogen-bond donors (Lipinski definition) is 1. The van der Waals surface area contributed by atoms with Crippen molar-refractivity contribution in [3.05, 3.63) is 82.7 Å². The molecule has 1 N–H and O–H groups in total. The number of benzene rings is 2. The van der Waals surface area contributed by atoms with Crippen molar-refractivity contribution in [1.29, 1.82) is 0 Å². The zero-order valence-corrected chi connectivity index (χ0v) is 16.4. The van der Waals surface area contributed by atoms with Crippen molar-refractivity contribution in [3.8, 4) is 5.69 Å². The van der Waals surface area contributed by atoms with E-state index in [-0.39, 0.29) is 5.91 Å². The number of hydrogen-bond acceptors (Lipinski definition) is 3. The zero-order chi connectivity index (χ0) is 19.8. The number of pyridine rings is 1. The number of nitrogens with one attached hydrogen (secondary N) is 1. The summed E-state index contributed by atoms with van der Waals surface area (Å²) in [6.45, 7) is 7.84. The fraction of sp³-hybridized carbons (Fsp3) is 0.174. The number of rotatable bonds is 3. The molecule has 0 bridgehead atoms. The van der Waals surface area contributed by atoms with Gasteiger partial charge in [-0.05, 0) is 57.5 Å². The van der Waals surface area contributed by atoms with Crippen LogP contribution in [0.2, 0.25) is 0 Å². The third-order valence-corrected chi connectivity index (χ3v) is 4.82. The Hall–Kier alpha value is -3.47. The van der Waals surface area contributed by atoms with Crippen LogP contribution in [0.1, 0.15) is 32.9 Å². The molecule has 0 aliphatic carbocycles. The number of fused-ring (bicyclic) bond motifs is 1. The summed E-state index contributed by atoms with van der Waals surface area (Å²) in [4.78, 5) is 17.8. The van der Waals surface area contributed by atoms with Gasteiger partial charge in [0.15, 0.2) is 5.65 Å². The van der Waals surface area contributed by atoms with Gasteiger partial charge in [-0.1, -0.05) is 35.9 Å². The molecule has 0 aliphatic heterocycles. The number of aryl methyl sites for hydroxylation is 4. The maximum atomic E-state index is 13.1. The molecular formula is C23H22N4O. The molecule has 0 aliphatic rings. The summed E-state index contributed by atoms with van der Waals surface area (Å²) in [5, 5.41) is 8.47. The van der Waals surface area contributed by atoms with Crippen molar-refractivity contribution < 1.29 is 4.79 Å². The Balaban J connectivity index is 1.83. The third-order valence-electron chi connectivity index (χ3n) is 4.82. The molecule has 0 radical (unpaired) electrons. The smallest absolute Gasteiger partial charge is 0.256 e. The van der Waals surface area contributed by atoms with Crippen molar-refractivity contribution >= 4 is 22.6 Å². The lowest BCUT2D eigenvalue weighted by Crippen LogP contribution is -2.14. The highest BCUT2D eigenvalue weighted by Gasteiger charge is 2.20. The summed E-state index contributed by atoms with van der Waals surface area (Å²) in [5.41, 5.74) is 6.75. The van der Waals surface area contributed by atoms with Crippen LogP contribution < -0.4 is 5.32 Å². The molecule has 140 valence electrons. The molecule has 0 fully saturated rings. The second kappa shape index (κ2) is 6.93. The highest BCUT2D eigenvalue weighted by Crippen LogP contribution is 2.26. The Kier molecular flexibility index (Phi) is 4.43. The monoisotopic (exact) mass is 370 g/mol. The number of nitrogens with zero attached hydrogens (tertiary/aromatic N) is 3. The van der Waals surface area contributed by atoms with E-state index in [1.807, 2.05) is 76.2 Å². The van der Waals surface area contributed by atoms with E-state index in [1.54, 1.807) is 4.68 Å².